The number of aromatic amines is 2. The van der Waals surface area contributed by atoms with Gasteiger partial charge in [-0.2, -0.15) is 9.97 Å². The maximum Gasteiger partial charge on any atom is 0.349 e. The Balaban J connectivity index is 0.981. The SMILES string of the molecule is Cc1cn(CC(=O)N(CCN)CC(=O)NCCN(CC(=O)NCCN(CC(=O)NCCN(CC(N)=O)C(=O)Cn2ccc(N)nc2=O)C(=O)Cn2cc(-c3ccc4ccc5cccc6ccc3c4c56)c(=O)[nH]c2=O)C(=O)Cn2ccc(N)nc2=O)c(=O)[nH]c1=O. The topological polar surface area (TPSA) is 469 Å². The molecule has 0 bridgehead atoms. The van der Waals surface area contributed by atoms with E-state index in [-0.39, 0.29) is 62.0 Å². The van der Waals surface area contributed by atoms with Crippen LogP contribution in [0.3, 0.4) is 0 Å². The number of nitrogens with two attached hydrogens (primary N) is 4. The molecule has 0 spiro atoms. The molecule has 0 aliphatic heterocycles. The van der Waals surface area contributed by atoms with Crippen molar-refractivity contribution in [3.8, 4) is 11.1 Å². The largest absolute Gasteiger partial charge is 0.383 e. The summed E-state index contributed by atoms with van der Waals surface area (Å²) in [5.41, 5.74) is 18.0. The summed E-state index contributed by atoms with van der Waals surface area (Å²) in [5, 5.41) is 13.0. The number of carbonyl (C=O) groups is 8. The van der Waals surface area contributed by atoms with Gasteiger partial charge in [0.15, 0.2) is 0 Å². The molecule has 8 amide bonds. The van der Waals surface area contributed by atoms with E-state index in [0.29, 0.717) is 10.9 Å². The Kier molecular flexibility index (Phi) is 20.5. The number of anilines is 2. The molecule has 13 N–H and O–H groups in total. The number of aromatic nitrogens is 8. The molecule has 8 aromatic rings. The highest BCUT2D eigenvalue weighted by molar-refractivity contribution is 6.25. The van der Waals surface area contributed by atoms with Crippen LogP contribution < -0.4 is 72.8 Å². The molecule has 0 aliphatic carbocycles. The van der Waals surface area contributed by atoms with Crippen molar-refractivity contribution in [3.05, 3.63) is 160 Å². The van der Waals surface area contributed by atoms with E-state index in [0.717, 1.165) is 64.8 Å². The van der Waals surface area contributed by atoms with Crippen molar-refractivity contribution in [2.24, 2.45) is 11.5 Å². The fourth-order valence-electron chi connectivity index (χ4n) is 9.82. The number of H-pyrrole nitrogens is 2. The van der Waals surface area contributed by atoms with E-state index in [4.69, 9.17) is 22.9 Å². The second-order valence-corrected chi connectivity index (χ2v) is 20.7. The molecule has 0 fully saturated rings. The summed E-state index contributed by atoms with van der Waals surface area (Å²) < 4.78 is 3.76. The summed E-state index contributed by atoms with van der Waals surface area (Å²) in [6.45, 7) is -6.03. The summed E-state index contributed by atoms with van der Waals surface area (Å²) in [4.78, 5) is 200. The third-order valence-corrected chi connectivity index (χ3v) is 14.3. The lowest BCUT2D eigenvalue weighted by Gasteiger charge is -2.25. The Bertz CT molecular complexity index is 4460. The van der Waals surface area contributed by atoms with E-state index < -0.39 is 147 Å². The number of hydrogen-bond acceptors (Lipinski definition) is 19. The highest BCUT2D eigenvalue weighted by Crippen LogP contribution is 2.38. The molecule has 0 saturated carbocycles. The molecule has 0 atom stereocenters. The Morgan fingerprint density at radius 3 is 1.37 bits per heavy atom. The molecule has 0 unspecified atom stereocenters. The average molecular weight is 1240 g/mol. The van der Waals surface area contributed by atoms with E-state index in [1.807, 2.05) is 48.5 Å². The van der Waals surface area contributed by atoms with Gasteiger partial charge in [0.2, 0.25) is 47.3 Å². The van der Waals surface area contributed by atoms with Gasteiger partial charge in [-0.1, -0.05) is 54.6 Å². The number of rotatable bonds is 28. The van der Waals surface area contributed by atoms with Crippen LogP contribution in [0.1, 0.15) is 5.56 Å². The van der Waals surface area contributed by atoms with Crippen LogP contribution in [-0.2, 0) is 64.5 Å². The van der Waals surface area contributed by atoms with Gasteiger partial charge in [-0.15, -0.1) is 0 Å². The molecule has 33 nitrogen and oxygen atoms in total. The number of nitrogens with one attached hydrogen (secondary N) is 5. The second-order valence-electron chi connectivity index (χ2n) is 20.7. The molecule has 4 aromatic carbocycles. The standard InChI is InChI=1S/C57H63N19O14/c1-33-23-75(56(89)67-52(33)85)31-48(83)69(19-13-58)26-43(78)63-15-21-71(47(82)30-74-18-12-41(60)66-55(74)88)27-44(79)64-16-22-72(28-45(80)62-14-20-70(25-42(61)77)46(81)29-73-17-11-40(59)65-54(73)87)49(84)32-76-24-39(53(86)68-57(76)90)37-9-7-36-6-5-34-3-2-4-35-8-10-38(37)51(36)50(34)35/h2-12,17-18,23-24H,13-16,19-22,25-32,58H2,1H3,(H2,61,77)(H,62,80)(H,63,78)(H,64,79)(H2,59,65,87)(H2,60,66,88)(H,67,85,89)(H,68,86,90). The van der Waals surface area contributed by atoms with Crippen LogP contribution in [-0.4, -0.2) is 184 Å². The van der Waals surface area contributed by atoms with E-state index in [1.54, 1.807) is 6.07 Å². The first-order valence-electron chi connectivity index (χ1n) is 27.8. The average Bonchev–Trinajstić information content (AvgIpc) is 0.749. The number of primary amides is 1. The Hall–Kier alpha value is -11.6. The maximum atomic E-state index is 14.4. The smallest absolute Gasteiger partial charge is 0.349 e. The van der Waals surface area contributed by atoms with Gasteiger partial charge in [0, 0.05) is 82.7 Å². The number of aryl methyl sites for hydroxylation is 1. The fourth-order valence-corrected chi connectivity index (χ4v) is 9.82. The van der Waals surface area contributed by atoms with Crippen LogP contribution in [0.5, 0.6) is 0 Å². The second kappa shape index (κ2) is 28.7. The zero-order valence-corrected chi connectivity index (χ0v) is 48.5. The van der Waals surface area contributed by atoms with Crippen LogP contribution in [0.2, 0.25) is 0 Å². The molecule has 90 heavy (non-hydrogen) atoms. The predicted octanol–water partition coefficient (Wildman–Crippen LogP) is -5.26. The number of amides is 8. The molecule has 4 heterocycles. The molecule has 33 heteroatoms. The lowest BCUT2D eigenvalue weighted by atomic mass is 9.90. The Labute approximate surface area is 507 Å². The van der Waals surface area contributed by atoms with E-state index in [2.05, 4.69) is 35.9 Å². The highest BCUT2D eigenvalue weighted by atomic mass is 16.2. The highest BCUT2D eigenvalue weighted by Gasteiger charge is 2.25. The molecule has 8 rings (SSSR count). The van der Waals surface area contributed by atoms with Crippen molar-refractivity contribution in [3.63, 3.8) is 0 Å². The van der Waals surface area contributed by atoms with Crippen molar-refractivity contribution in [2.45, 2.75) is 33.1 Å². The van der Waals surface area contributed by atoms with Gasteiger partial charge in [0.1, 0.15) is 37.8 Å². The van der Waals surface area contributed by atoms with Gasteiger partial charge in [-0.25, -0.2) is 19.2 Å². The zero-order chi connectivity index (χ0) is 64.9. The summed E-state index contributed by atoms with van der Waals surface area (Å²) in [6.07, 6.45) is 4.84. The predicted molar refractivity (Wildman–Crippen MR) is 326 cm³/mol. The monoisotopic (exact) mass is 1240 g/mol. The Morgan fingerprint density at radius 2 is 0.900 bits per heavy atom. The van der Waals surface area contributed by atoms with Crippen LogP contribution in [0.25, 0.3) is 43.4 Å². The van der Waals surface area contributed by atoms with Crippen molar-refractivity contribution < 1.29 is 38.4 Å². The third kappa shape index (κ3) is 16.1. The molecular formula is C57H63N19O14. The van der Waals surface area contributed by atoms with Crippen LogP contribution in [0, 0.1) is 6.92 Å². The quantitative estimate of drug-likeness (QED) is 0.0207. The molecule has 0 radical (unpaired) electrons. The molecule has 0 aliphatic rings. The molecular weight excluding hydrogens is 1170 g/mol. The number of nitrogens with zero attached hydrogens (tertiary/aromatic N) is 10. The van der Waals surface area contributed by atoms with Crippen molar-refractivity contribution in [1.82, 2.24) is 73.8 Å². The zero-order valence-electron chi connectivity index (χ0n) is 48.5. The van der Waals surface area contributed by atoms with Crippen LogP contribution in [0.15, 0.2) is 120 Å². The van der Waals surface area contributed by atoms with Gasteiger partial charge >= 0.3 is 22.8 Å². The first-order chi connectivity index (χ1) is 43.0. The number of hydrogen-bond donors (Lipinski definition) is 9. The number of nitrogen functional groups attached to an aromatic ring is 2. The summed E-state index contributed by atoms with van der Waals surface area (Å²) in [7, 11) is 0. The van der Waals surface area contributed by atoms with E-state index in [9.17, 15) is 67.1 Å². The van der Waals surface area contributed by atoms with Gasteiger partial charge in [-0.3, -0.25) is 76.2 Å². The maximum absolute atomic E-state index is 14.4. The lowest BCUT2D eigenvalue weighted by Crippen LogP contribution is -2.50. The van der Waals surface area contributed by atoms with Crippen molar-refractivity contribution >= 4 is 91.2 Å². The van der Waals surface area contributed by atoms with Gasteiger partial charge in [-0.05, 0) is 56.9 Å². The summed E-state index contributed by atoms with van der Waals surface area (Å²) in [5.74, 6) is -6.69. The van der Waals surface area contributed by atoms with Gasteiger partial charge in [0.05, 0.1) is 31.7 Å². The number of benzene rings is 4. The van der Waals surface area contributed by atoms with Crippen molar-refractivity contribution in [1.29, 1.82) is 0 Å². The van der Waals surface area contributed by atoms with Crippen LogP contribution in [0.4, 0.5) is 11.6 Å². The Morgan fingerprint density at radius 1 is 0.489 bits per heavy atom. The first kappa shape index (κ1) is 64.4. The van der Waals surface area contributed by atoms with Crippen LogP contribution >= 0.6 is 0 Å². The molecule has 0 saturated heterocycles. The van der Waals surface area contributed by atoms with Gasteiger partial charge in [0.25, 0.3) is 11.1 Å². The van der Waals surface area contributed by atoms with Crippen molar-refractivity contribution in [2.75, 3.05) is 90.0 Å². The summed E-state index contributed by atoms with van der Waals surface area (Å²) >= 11 is 0. The number of carbonyl (C=O) groups excluding carboxylic acids is 8. The van der Waals surface area contributed by atoms with E-state index >= 15 is 0 Å². The summed E-state index contributed by atoms with van der Waals surface area (Å²) in [6, 6.07) is 19.7. The molecule has 470 valence electrons. The minimum atomic E-state index is -0.973. The third-order valence-electron chi connectivity index (χ3n) is 14.3. The van der Waals surface area contributed by atoms with E-state index in [1.165, 1.54) is 43.8 Å². The first-order valence-corrected chi connectivity index (χ1v) is 27.8. The minimum absolute atomic E-state index is 0.0395. The lowest BCUT2D eigenvalue weighted by molar-refractivity contribution is -0.138. The van der Waals surface area contributed by atoms with Gasteiger partial charge < -0.3 is 58.5 Å². The normalized spacial score (nSPS) is 11.1. The minimum Gasteiger partial charge on any atom is -0.383 e. The molecule has 4 aromatic heterocycles. The fraction of sp³-hybridized carbons (Fsp3) is 0.298.